The van der Waals surface area contributed by atoms with Gasteiger partial charge in [-0.05, 0) is 43.2 Å². The number of benzene rings is 1. The SMILES string of the molecule is CCNC(=NCC(=O)Nc1cccc(CC)c1)N1CCN(c2ccccn2)CC1. The number of hydrogen-bond acceptors (Lipinski definition) is 4. The number of amides is 1. The molecule has 1 fully saturated rings. The van der Waals surface area contributed by atoms with Crippen LogP contribution in [0.5, 0.6) is 0 Å². The molecule has 0 unspecified atom stereocenters. The minimum atomic E-state index is -0.110. The molecule has 1 aromatic carbocycles. The lowest BCUT2D eigenvalue weighted by Crippen LogP contribution is -2.53. The normalized spacial score (nSPS) is 14.6. The fourth-order valence-electron chi connectivity index (χ4n) is 3.33. The van der Waals surface area contributed by atoms with Crippen LogP contribution in [0.15, 0.2) is 53.7 Å². The first-order valence-corrected chi connectivity index (χ1v) is 10.3. The molecule has 7 heteroatoms. The Morgan fingerprint density at radius 2 is 1.93 bits per heavy atom. The van der Waals surface area contributed by atoms with Crippen LogP contribution in [0.3, 0.4) is 0 Å². The molecule has 1 aromatic heterocycles. The van der Waals surface area contributed by atoms with E-state index in [0.29, 0.717) is 0 Å². The summed E-state index contributed by atoms with van der Waals surface area (Å²) in [5, 5.41) is 6.24. The molecule has 0 aliphatic carbocycles. The summed E-state index contributed by atoms with van der Waals surface area (Å²) in [5.74, 6) is 1.68. The maximum atomic E-state index is 12.4. The Morgan fingerprint density at radius 1 is 1.10 bits per heavy atom. The Hall–Kier alpha value is -3.09. The van der Waals surface area contributed by atoms with Crippen molar-refractivity contribution in [3.63, 3.8) is 0 Å². The second kappa shape index (κ2) is 10.5. The van der Waals surface area contributed by atoms with Crippen LogP contribution in [-0.2, 0) is 11.2 Å². The molecular weight excluding hydrogens is 364 g/mol. The molecule has 2 aromatic rings. The van der Waals surface area contributed by atoms with Gasteiger partial charge in [0.2, 0.25) is 5.91 Å². The largest absolute Gasteiger partial charge is 0.357 e. The predicted octanol–water partition coefficient (Wildman–Crippen LogP) is 2.37. The monoisotopic (exact) mass is 394 g/mol. The first-order chi connectivity index (χ1) is 14.2. The Labute approximate surface area is 172 Å². The first-order valence-electron chi connectivity index (χ1n) is 10.3. The average Bonchev–Trinajstić information content (AvgIpc) is 2.77. The minimum absolute atomic E-state index is 0.0964. The number of piperazine rings is 1. The third-order valence-electron chi connectivity index (χ3n) is 4.88. The topological polar surface area (TPSA) is 72.9 Å². The number of rotatable bonds is 6. The van der Waals surface area contributed by atoms with Gasteiger partial charge < -0.3 is 20.4 Å². The van der Waals surface area contributed by atoms with Gasteiger partial charge in [0.05, 0.1) is 0 Å². The van der Waals surface area contributed by atoms with E-state index >= 15 is 0 Å². The van der Waals surface area contributed by atoms with Crippen LogP contribution in [0, 0.1) is 0 Å². The summed E-state index contributed by atoms with van der Waals surface area (Å²) in [6.45, 7) is 8.41. The Balaban J connectivity index is 1.56. The van der Waals surface area contributed by atoms with Crippen molar-refractivity contribution in [3.05, 3.63) is 54.2 Å². The molecule has 2 N–H and O–H groups in total. The number of pyridine rings is 1. The quantitative estimate of drug-likeness (QED) is 0.581. The highest BCUT2D eigenvalue weighted by Crippen LogP contribution is 2.13. The van der Waals surface area contributed by atoms with Gasteiger partial charge in [0, 0.05) is 44.6 Å². The molecule has 2 heterocycles. The second-order valence-electron chi connectivity index (χ2n) is 6.93. The molecule has 0 atom stereocenters. The first kappa shape index (κ1) is 20.6. The van der Waals surface area contributed by atoms with Gasteiger partial charge in [0.1, 0.15) is 12.4 Å². The number of carbonyl (C=O) groups is 1. The van der Waals surface area contributed by atoms with Gasteiger partial charge in [-0.25, -0.2) is 9.98 Å². The van der Waals surface area contributed by atoms with Gasteiger partial charge in [-0.15, -0.1) is 0 Å². The zero-order valence-corrected chi connectivity index (χ0v) is 17.3. The van der Waals surface area contributed by atoms with Crippen molar-refractivity contribution in [2.24, 2.45) is 4.99 Å². The van der Waals surface area contributed by atoms with Crippen LogP contribution in [0.4, 0.5) is 11.5 Å². The molecule has 3 rings (SSSR count). The smallest absolute Gasteiger partial charge is 0.246 e. The number of hydrogen-bond donors (Lipinski definition) is 2. The van der Waals surface area contributed by atoms with E-state index in [0.717, 1.165) is 56.6 Å². The third-order valence-corrected chi connectivity index (χ3v) is 4.88. The van der Waals surface area contributed by atoms with Crippen LogP contribution < -0.4 is 15.5 Å². The Morgan fingerprint density at radius 3 is 2.62 bits per heavy atom. The van der Waals surface area contributed by atoms with Crippen molar-refractivity contribution in [2.75, 3.05) is 49.5 Å². The van der Waals surface area contributed by atoms with Crippen LogP contribution in [0.25, 0.3) is 0 Å². The number of aromatic nitrogens is 1. The molecule has 7 nitrogen and oxygen atoms in total. The van der Waals surface area contributed by atoms with Gasteiger partial charge in [0.15, 0.2) is 5.96 Å². The maximum absolute atomic E-state index is 12.4. The fourth-order valence-corrected chi connectivity index (χ4v) is 3.33. The molecule has 0 bridgehead atoms. The van der Waals surface area contributed by atoms with Crippen LogP contribution in [-0.4, -0.2) is 61.0 Å². The second-order valence-corrected chi connectivity index (χ2v) is 6.93. The molecule has 0 spiro atoms. The van der Waals surface area contributed by atoms with Gasteiger partial charge in [-0.3, -0.25) is 4.79 Å². The molecule has 29 heavy (non-hydrogen) atoms. The van der Waals surface area contributed by atoms with E-state index in [2.05, 4.69) is 43.4 Å². The number of anilines is 2. The Bertz CT molecular complexity index is 815. The highest BCUT2D eigenvalue weighted by atomic mass is 16.1. The zero-order valence-electron chi connectivity index (χ0n) is 17.3. The third kappa shape index (κ3) is 5.94. The predicted molar refractivity (Wildman–Crippen MR) is 118 cm³/mol. The minimum Gasteiger partial charge on any atom is -0.357 e. The molecular formula is C22H30N6O. The molecule has 1 aliphatic rings. The van der Waals surface area contributed by atoms with Gasteiger partial charge in [-0.2, -0.15) is 0 Å². The maximum Gasteiger partial charge on any atom is 0.246 e. The molecule has 154 valence electrons. The van der Waals surface area contributed by atoms with Gasteiger partial charge in [0.25, 0.3) is 0 Å². The van der Waals surface area contributed by atoms with Crippen molar-refractivity contribution < 1.29 is 4.79 Å². The van der Waals surface area contributed by atoms with Crippen molar-refractivity contribution in [3.8, 4) is 0 Å². The highest BCUT2D eigenvalue weighted by molar-refractivity contribution is 5.94. The van der Waals surface area contributed by atoms with E-state index in [-0.39, 0.29) is 12.5 Å². The number of carbonyl (C=O) groups excluding carboxylic acids is 1. The van der Waals surface area contributed by atoms with E-state index in [4.69, 9.17) is 0 Å². The van der Waals surface area contributed by atoms with Crippen molar-refractivity contribution in [1.29, 1.82) is 0 Å². The van der Waals surface area contributed by atoms with E-state index in [1.807, 2.05) is 49.5 Å². The standard InChI is InChI=1S/C22H30N6O/c1-3-18-8-7-9-19(16-18)26-21(29)17-25-22(23-4-2)28-14-12-27(13-15-28)20-10-5-6-11-24-20/h5-11,16H,3-4,12-15,17H2,1-2H3,(H,23,25)(H,26,29). The number of nitrogens with one attached hydrogen (secondary N) is 2. The number of guanidine groups is 1. The van der Waals surface area contributed by atoms with Crippen molar-refractivity contribution in [1.82, 2.24) is 15.2 Å². The summed E-state index contributed by atoms with van der Waals surface area (Å²) in [7, 11) is 0. The van der Waals surface area contributed by atoms with E-state index in [1.165, 1.54) is 5.56 Å². The van der Waals surface area contributed by atoms with Crippen molar-refractivity contribution >= 4 is 23.4 Å². The summed E-state index contributed by atoms with van der Waals surface area (Å²) in [6, 6.07) is 13.9. The van der Waals surface area contributed by atoms with Crippen LogP contribution >= 0.6 is 0 Å². The van der Waals surface area contributed by atoms with E-state index in [9.17, 15) is 4.79 Å². The number of aryl methyl sites for hydroxylation is 1. The summed E-state index contributed by atoms with van der Waals surface area (Å²) >= 11 is 0. The summed E-state index contributed by atoms with van der Waals surface area (Å²) < 4.78 is 0. The average molecular weight is 395 g/mol. The van der Waals surface area contributed by atoms with Crippen LogP contribution in [0.2, 0.25) is 0 Å². The molecule has 1 amide bonds. The lowest BCUT2D eigenvalue weighted by atomic mass is 10.1. The number of nitrogens with zero attached hydrogens (tertiary/aromatic N) is 4. The van der Waals surface area contributed by atoms with Gasteiger partial charge in [-0.1, -0.05) is 25.1 Å². The molecule has 1 saturated heterocycles. The van der Waals surface area contributed by atoms with E-state index in [1.54, 1.807) is 0 Å². The molecule has 0 saturated carbocycles. The number of aliphatic imine (C=N–C) groups is 1. The van der Waals surface area contributed by atoms with Crippen LogP contribution in [0.1, 0.15) is 19.4 Å². The van der Waals surface area contributed by atoms with Gasteiger partial charge >= 0.3 is 0 Å². The fraction of sp³-hybridized carbons (Fsp3) is 0.409. The zero-order chi connectivity index (χ0) is 20.5. The lowest BCUT2D eigenvalue weighted by molar-refractivity contribution is -0.114. The Kier molecular flexibility index (Phi) is 7.44. The lowest BCUT2D eigenvalue weighted by Gasteiger charge is -2.37. The molecule has 0 radical (unpaired) electrons. The summed E-state index contributed by atoms with van der Waals surface area (Å²) in [5.41, 5.74) is 2.02. The van der Waals surface area contributed by atoms with E-state index < -0.39 is 0 Å². The highest BCUT2D eigenvalue weighted by Gasteiger charge is 2.20. The molecule has 1 aliphatic heterocycles. The summed E-state index contributed by atoms with van der Waals surface area (Å²) in [4.78, 5) is 25.8. The van der Waals surface area contributed by atoms with Crippen molar-refractivity contribution in [2.45, 2.75) is 20.3 Å². The summed E-state index contributed by atoms with van der Waals surface area (Å²) in [6.07, 6.45) is 2.76.